The van der Waals surface area contributed by atoms with Gasteiger partial charge in [-0.15, -0.1) is 0 Å². The summed E-state index contributed by atoms with van der Waals surface area (Å²) >= 11 is 3.43. The molecule has 1 N–H and O–H groups in total. The second-order valence-electron chi connectivity index (χ2n) is 4.82. The highest BCUT2D eigenvalue weighted by Crippen LogP contribution is 2.32. The largest absolute Gasteiger partial charge is 0.486 e. The van der Waals surface area contributed by atoms with Crippen LogP contribution >= 0.6 is 15.9 Å². The number of ether oxygens (including phenoxy) is 2. The number of halogens is 1. The summed E-state index contributed by atoms with van der Waals surface area (Å²) in [5.74, 6) is 1.43. The van der Waals surface area contributed by atoms with Gasteiger partial charge in [-0.1, -0.05) is 40.2 Å². The summed E-state index contributed by atoms with van der Waals surface area (Å²) in [5, 5.41) is 10.3. The van der Waals surface area contributed by atoms with Gasteiger partial charge in [0, 0.05) is 10.9 Å². The zero-order valence-electron chi connectivity index (χ0n) is 10.8. The van der Waals surface area contributed by atoms with Gasteiger partial charge in [0.1, 0.15) is 6.61 Å². The third-order valence-electron chi connectivity index (χ3n) is 3.29. The molecule has 0 spiro atoms. The molecule has 3 nitrogen and oxygen atoms in total. The minimum Gasteiger partial charge on any atom is -0.486 e. The number of hydrogen-bond acceptors (Lipinski definition) is 3. The van der Waals surface area contributed by atoms with Crippen LogP contribution in [0.15, 0.2) is 53.0 Å². The molecule has 0 saturated carbocycles. The van der Waals surface area contributed by atoms with Crippen molar-refractivity contribution >= 4 is 15.9 Å². The van der Waals surface area contributed by atoms with Crippen LogP contribution in [0.1, 0.15) is 5.56 Å². The standard InChI is InChI=1S/C16H15BrO3/c17-12-5-3-4-11(8-12)9-13(18)16-10-19-14-6-1-2-7-15(14)20-16/h1-8,13,16,18H,9-10H2. The van der Waals surface area contributed by atoms with E-state index in [4.69, 9.17) is 9.47 Å². The molecular formula is C16H15BrO3. The summed E-state index contributed by atoms with van der Waals surface area (Å²) in [6.07, 6.45) is -0.406. The lowest BCUT2D eigenvalue weighted by atomic mass is 10.0. The molecule has 0 saturated heterocycles. The Morgan fingerprint density at radius 2 is 1.95 bits per heavy atom. The van der Waals surface area contributed by atoms with Crippen molar-refractivity contribution in [3.63, 3.8) is 0 Å². The zero-order chi connectivity index (χ0) is 13.9. The van der Waals surface area contributed by atoms with E-state index in [1.807, 2.05) is 48.5 Å². The first-order chi connectivity index (χ1) is 9.72. The molecule has 3 rings (SSSR count). The Morgan fingerprint density at radius 1 is 1.15 bits per heavy atom. The molecule has 20 heavy (non-hydrogen) atoms. The highest BCUT2D eigenvalue weighted by molar-refractivity contribution is 9.10. The van der Waals surface area contributed by atoms with Gasteiger partial charge in [0.15, 0.2) is 17.6 Å². The molecule has 2 atom stereocenters. The number of aliphatic hydroxyl groups excluding tert-OH is 1. The molecule has 0 amide bonds. The molecule has 1 heterocycles. The predicted molar refractivity (Wildman–Crippen MR) is 80.2 cm³/mol. The van der Waals surface area contributed by atoms with Gasteiger partial charge in [0.05, 0.1) is 6.10 Å². The van der Waals surface area contributed by atoms with E-state index in [0.717, 1.165) is 15.8 Å². The number of rotatable bonds is 3. The molecule has 0 radical (unpaired) electrons. The molecule has 2 unspecified atom stereocenters. The monoisotopic (exact) mass is 334 g/mol. The smallest absolute Gasteiger partial charge is 0.161 e. The maximum Gasteiger partial charge on any atom is 0.161 e. The lowest BCUT2D eigenvalue weighted by Gasteiger charge is -2.29. The fraction of sp³-hybridized carbons (Fsp3) is 0.250. The van der Waals surface area contributed by atoms with Gasteiger partial charge in [0.25, 0.3) is 0 Å². The van der Waals surface area contributed by atoms with Crippen LogP contribution < -0.4 is 9.47 Å². The van der Waals surface area contributed by atoms with E-state index in [0.29, 0.717) is 18.8 Å². The van der Waals surface area contributed by atoms with Crippen LogP contribution in [0, 0.1) is 0 Å². The van der Waals surface area contributed by atoms with E-state index in [9.17, 15) is 5.11 Å². The Balaban J connectivity index is 1.68. The van der Waals surface area contributed by atoms with Crippen LogP contribution in [-0.2, 0) is 6.42 Å². The first-order valence-corrected chi connectivity index (χ1v) is 7.32. The molecule has 104 valence electrons. The van der Waals surface area contributed by atoms with Crippen LogP contribution in [0.3, 0.4) is 0 Å². The summed E-state index contributed by atoms with van der Waals surface area (Å²) in [5.41, 5.74) is 1.06. The van der Waals surface area contributed by atoms with Crippen molar-refractivity contribution in [1.82, 2.24) is 0 Å². The molecule has 1 aliphatic heterocycles. The SMILES string of the molecule is OC(Cc1cccc(Br)c1)C1COc2ccccc2O1. The number of aliphatic hydroxyl groups is 1. The Kier molecular flexibility index (Phi) is 3.94. The topological polar surface area (TPSA) is 38.7 Å². The maximum atomic E-state index is 10.3. The minimum atomic E-state index is -0.599. The first kappa shape index (κ1) is 13.5. The lowest BCUT2D eigenvalue weighted by molar-refractivity contribution is -0.00941. The Morgan fingerprint density at radius 3 is 2.75 bits per heavy atom. The molecule has 0 aromatic heterocycles. The van der Waals surface area contributed by atoms with Crippen molar-refractivity contribution < 1.29 is 14.6 Å². The van der Waals surface area contributed by atoms with Crippen LogP contribution in [-0.4, -0.2) is 23.9 Å². The van der Waals surface area contributed by atoms with Crippen molar-refractivity contribution in [3.05, 3.63) is 58.6 Å². The summed E-state index contributed by atoms with van der Waals surface area (Å²) in [6, 6.07) is 15.4. The first-order valence-electron chi connectivity index (χ1n) is 6.53. The number of hydrogen-bond donors (Lipinski definition) is 1. The van der Waals surface area contributed by atoms with Crippen LogP contribution in [0.2, 0.25) is 0 Å². The maximum absolute atomic E-state index is 10.3. The Bertz CT molecular complexity index is 600. The van der Waals surface area contributed by atoms with E-state index in [1.54, 1.807) is 0 Å². The second kappa shape index (κ2) is 5.85. The number of fused-ring (bicyclic) bond motifs is 1. The van der Waals surface area contributed by atoms with E-state index in [2.05, 4.69) is 15.9 Å². The van der Waals surface area contributed by atoms with Crippen molar-refractivity contribution in [2.24, 2.45) is 0 Å². The predicted octanol–water partition coefficient (Wildman–Crippen LogP) is 3.19. The molecule has 1 aliphatic rings. The highest BCUT2D eigenvalue weighted by atomic mass is 79.9. The second-order valence-corrected chi connectivity index (χ2v) is 5.73. The Hall–Kier alpha value is -1.52. The fourth-order valence-corrected chi connectivity index (χ4v) is 2.71. The average Bonchev–Trinajstić information content (AvgIpc) is 2.47. The van der Waals surface area contributed by atoms with Crippen LogP contribution in [0.5, 0.6) is 11.5 Å². The molecule has 0 bridgehead atoms. The van der Waals surface area contributed by atoms with E-state index in [-0.39, 0.29) is 6.10 Å². The van der Waals surface area contributed by atoms with Gasteiger partial charge < -0.3 is 14.6 Å². The van der Waals surface area contributed by atoms with E-state index in [1.165, 1.54) is 0 Å². The third kappa shape index (κ3) is 2.97. The Labute approximate surface area is 126 Å². The van der Waals surface area contributed by atoms with Gasteiger partial charge in [-0.25, -0.2) is 0 Å². The zero-order valence-corrected chi connectivity index (χ0v) is 12.4. The third-order valence-corrected chi connectivity index (χ3v) is 3.79. The van der Waals surface area contributed by atoms with Gasteiger partial charge >= 0.3 is 0 Å². The summed E-state index contributed by atoms with van der Waals surface area (Å²) < 4.78 is 12.4. The normalized spacial score (nSPS) is 18.6. The quantitative estimate of drug-likeness (QED) is 0.936. The van der Waals surface area contributed by atoms with Crippen molar-refractivity contribution in [3.8, 4) is 11.5 Å². The van der Waals surface area contributed by atoms with Crippen LogP contribution in [0.25, 0.3) is 0 Å². The summed E-state index contributed by atoms with van der Waals surface area (Å²) in [4.78, 5) is 0. The molecule has 4 heteroatoms. The molecule has 2 aromatic carbocycles. The fourth-order valence-electron chi connectivity index (χ4n) is 2.26. The molecular weight excluding hydrogens is 320 g/mol. The van der Waals surface area contributed by atoms with Gasteiger partial charge in [0.2, 0.25) is 0 Å². The minimum absolute atomic E-state index is 0.344. The lowest BCUT2D eigenvalue weighted by Crippen LogP contribution is -2.40. The summed E-state index contributed by atoms with van der Waals surface area (Å²) in [7, 11) is 0. The molecule has 2 aromatic rings. The highest BCUT2D eigenvalue weighted by Gasteiger charge is 2.27. The molecule has 0 fully saturated rings. The van der Waals surface area contributed by atoms with Gasteiger partial charge in [-0.05, 0) is 29.8 Å². The van der Waals surface area contributed by atoms with Gasteiger partial charge in [-0.3, -0.25) is 0 Å². The number of para-hydroxylation sites is 2. The number of benzene rings is 2. The van der Waals surface area contributed by atoms with Crippen LogP contribution in [0.4, 0.5) is 0 Å². The van der Waals surface area contributed by atoms with Crippen molar-refractivity contribution in [1.29, 1.82) is 0 Å². The average molecular weight is 335 g/mol. The van der Waals surface area contributed by atoms with E-state index < -0.39 is 6.10 Å². The molecule has 0 aliphatic carbocycles. The van der Waals surface area contributed by atoms with Crippen molar-refractivity contribution in [2.75, 3.05) is 6.61 Å². The van der Waals surface area contributed by atoms with Crippen molar-refractivity contribution in [2.45, 2.75) is 18.6 Å². The van der Waals surface area contributed by atoms with E-state index >= 15 is 0 Å². The summed E-state index contributed by atoms with van der Waals surface area (Å²) in [6.45, 7) is 0.367. The van der Waals surface area contributed by atoms with Gasteiger partial charge in [-0.2, -0.15) is 0 Å².